The van der Waals surface area contributed by atoms with Gasteiger partial charge in [-0.2, -0.15) is 0 Å². The minimum absolute atomic E-state index is 0.0678. The standard InChI is InChI=1S/C22H36N2O3S/c25-21(23-22-12-17-8-18(13-22)10-19(9-17)14-22)11-16-6-7-24(15-16)28(26,27)20-4-2-1-3-5-20/h16-20H,1-15H2,(H,23,25). The van der Waals surface area contributed by atoms with Gasteiger partial charge in [0, 0.05) is 25.0 Å². The number of carbonyl (C=O) groups is 1. The van der Waals surface area contributed by atoms with E-state index >= 15 is 0 Å². The molecular formula is C22H36N2O3S. The summed E-state index contributed by atoms with van der Waals surface area (Å²) in [7, 11) is -3.17. The molecule has 6 aliphatic rings. The van der Waals surface area contributed by atoms with Crippen molar-refractivity contribution >= 4 is 15.9 Å². The maximum Gasteiger partial charge on any atom is 0.220 e. The maximum absolute atomic E-state index is 12.9. The number of hydrogen-bond acceptors (Lipinski definition) is 3. The van der Waals surface area contributed by atoms with Crippen LogP contribution in [-0.2, 0) is 14.8 Å². The number of nitrogens with zero attached hydrogens (tertiary/aromatic N) is 1. The molecule has 0 aromatic rings. The molecule has 1 saturated heterocycles. The van der Waals surface area contributed by atoms with E-state index in [9.17, 15) is 13.2 Å². The lowest BCUT2D eigenvalue weighted by molar-refractivity contribution is -0.127. The molecule has 5 aliphatic carbocycles. The van der Waals surface area contributed by atoms with Gasteiger partial charge in [0.1, 0.15) is 0 Å². The summed E-state index contributed by atoms with van der Waals surface area (Å²) in [5, 5.41) is 3.28. The summed E-state index contributed by atoms with van der Waals surface area (Å²) in [6, 6.07) is 0. The van der Waals surface area contributed by atoms with Crippen LogP contribution in [0.5, 0.6) is 0 Å². The van der Waals surface area contributed by atoms with Crippen molar-refractivity contribution in [3.05, 3.63) is 0 Å². The molecule has 0 aromatic carbocycles. The molecule has 6 rings (SSSR count). The van der Waals surface area contributed by atoms with Gasteiger partial charge in [-0.15, -0.1) is 0 Å². The lowest BCUT2D eigenvalue weighted by atomic mass is 9.53. The van der Waals surface area contributed by atoms with Gasteiger partial charge in [0.2, 0.25) is 15.9 Å². The van der Waals surface area contributed by atoms with Gasteiger partial charge in [-0.1, -0.05) is 19.3 Å². The van der Waals surface area contributed by atoms with Crippen LogP contribution in [0.2, 0.25) is 0 Å². The lowest BCUT2D eigenvalue weighted by Gasteiger charge is -2.57. The Hall–Kier alpha value is -0.620. The number of sulfonamides is 1. The van der Waals surface area contributed by atoms with Gasteiger partial charge < -0.3 is 5.32 Å². The largest absolute Gasteiger partial charge is 0.351 e. The molecule has 0 spiro atoms. The van der Waals surface area contributed by atoms with Gasteiger partial charge in [-0.25, -0.2) is 12.7 Å². The summed E-state index contributed by atoms with van der Waals surface area (Å²) < 4.78 is 27.6. The smallest absolute Gasteiger partial charge is 0.220 e. The summed E-state index contributed by atoms with van der Waals surface area (Å²) in [6.07, 6.45) is 13.9. The minimum Gasteiger partial charge on any atom is -0.351 e. The number of carbonyl (C=O) groups excluding carboxylic acids is 1. The molecule has 158 valence electrons. The fourth-order valence-electron chi connectivity index (χ4n) is 7.64. The Labute approximate surface area is 170 Å². The monoisotopic (exact) mass is 408 g/mol. The van der Waals surface area contributed by atoms with Gasteiger partial charge in [0.25, 0.3) is 0 Å². The van der Waals surface area contributed by atoms with Crippen LogP contribution in [0.25, 0.3) is 0 Å². The van der Waals surface area contributed by atoms with E-state index in [2.05, 4.69) is 5.32 Å². The van der Waals surface area contributed by atoms with Crippen molar-refractivity contribution in [1.82, 2.24) is 9.62 Å². The van der Waals surface area contributed by atoms with Crippen LogP contribution < -0.4 is 5.32 Å². The van der Waals surface area contributed by atoms with Crippen molar-refractivity contribution in [2.45, 2.75) is 94.3 Å². The average Bonchev–Trinajstić information content (AvgIpc) is 3.10. The van der Waals surface area contributed by atoms with Crippen molar-refractivity contribution in [3.63, 3.8) is 0 Å². The van der Waals surface area contributed by atoms with Crippen LogP contribution >= 0.6 is 0 Å². The number of nitrogens with one attached hydrogen (secondary N) is 1. The molecule has 1 N–H and O–H groups in total. The van der Waals surface area contributed by atoms with Crippen molar-refractivity contribution in [2.24, 2.45) is 23.7 Å². The summed E-state index contributed by atoms with van der Waals surface area (Å²) in [5.74, 6) is 2.84. The van der Waals surface area contributed by atoms with Crippen molar-refractivity contribution < 1.29 is 13.2 Å². The second-order valence-corrected chi connectivity index (χ2v) is 13.0. The maximum atomic E-state index is 12.9. The highest BCUT2D eigenvalue weighted by Crippen LogP contribution is 2.55. The van der Waals surface area contributed by atoms with E-state index in [1.54, 1.807) is 4.31 Å². The molecule has 6 fully saturated rings. The van der Waals surface area contributed by atoms with Gasteiger partial charge >= 0.3 is 0 Å². The molecule has 6 heteroatoms. The molecule has 0 radical (unpaired) electrons. The molecule has 1 amide bonds. The summed E-state index contributed by atoms with van der Waals surface area (Å²) in [6.45, 7) is 1.15. The fraction of sp³-hybridized carbons (Fsp3) is 0.955. The Bertz CT molecular complexity index is 678. The normalized spacial score (nSPS) is 41.4. The summed E-state index contributed by atoms with van der Waals surface area (Å²) >= 11 is 0. The predicted octanol–water partition coefficient (Wildman–Crippen LogP) is 3.45. The van der Waals surface area contributed by atoms with E-state index in [-0.39, 0.29) is 22.6 Å². The Morgan fingerprint density at radius 3 is 2.14 bits per heavy atom. The zero-order valence-corrected chi connectivity index (χ0v) is 17.9. The first kappa shape index (κ1) is 19.3. The summed E-state index contributed by atoms with van der Waals surface area (Å²) in [4.78, 5) is 12.9. The molecule has 1 unspecified atom stereocenters. The SMILES string of the molecule is O=C(CC1CCN(S(=O)(=O)C2CCCCC2)C1)NC12CC3CC(CC(C3)C1)C2. The second kappa shape index (κ2) is 7.26. The molecule has 4 bridgehead atoms. The quantitative estimate of drug-likeness (QED) is 0.758. The summed E-state index contributed by atoms with van der Waals surface area (Å²) in [5.41, 5.74) is 0.0678. The third-order valence-corrected chi connectivity index (χ3v) is 10.9. The third-order valence-electron chi connectivity index (χ3n) is 8.50. The molecule has 5 nitrogen and oxygen atoms in total. The van der Waals surface area contributed by atoms with Crippen LogP contribution in [-0.4, -0.2) is 42.5 Å². The first-order valence-electron chi connectivity index (χ1n) is 11.7. The molecule has 1 heterocycles. The molecular weight excluding hydrogens is 372 g/mol. The lowest BCUT2D eigenvalue weighted by Crippen LogP contribution is -2.60. The zero-order chi connectivity index (χ0) is 19.4. The van der Waals surface area contributed by atoms with Crippen molar-refractivity contribution in [3.8, 4) is 0 Å². The number of rotatable bonds is 5. The Morgan fingerprint density at radius 2 is 1.54 bits per heavy atom. The molecule has 28 heavy (non-hydrogen) atoms. The molecule has 0 aromatic heterocycles. The Balaban J connectivity index is 1.16. The van der Waals surface area contributed by atoms with Crippen LogP contribution in [0.4, 0.5) is 0 Å². The molecule has 1 aliphatic heterocycles. The van der Waals surface area contributed by atoms with E-state index in [4.69, 9.17) is 0 Å². The number of amides is 1. The van der Waals surface area contributed by atoms with Gasteiger partial charge in [0.05, 0.1) is 5.25 Å². The fourth-order valence-corrected chi connectivity index (χ4v) is 9.77. The van der Waals surface area contributed by atoms with E-state index < -0.39 is 10.0 Å². The predicted molar refractivity (Wildman–Crippen MR) is 109 cm³/mol. The van der Waals surface area contributed by atoms with Crippen molar-refractivity contribution in [1.29, 1.82) is 0 Å². The van der Waals surface area contributed by atoms with Crippen LogP contribution in [0.1, 0.15) is 83.5 Å². The Morgan fingerprint density at radius 1 is 0.929 bits per heavy atom. The first-order chi connectivity index (χ1) is 13.4. The molecule has 5 saturated carbocycles. The van der Waals surface area contributed by atoms with E-state index in [0.717, 1.165) is 49.9 Å². The second-order valence-electron chi connectivity index (χ2n) is 10.8. The third kappa shape index (κ3) is 3.64. The van der Waals surface area contributed by atoms with Crippen molar-refractivity contribution in [2.75, 3.05) is 13.1 Å². The van der Waals surface area contributed by atoms with Crippen LogP contribution in [0.3, 0.4) is 0 Å². The average molecular weight is 409 g/mol. The van der Waals surface area contributed by atoms with Gasteiger partial charge in [0.15, 0.2) is 0 Å². The van der Waals surface area contributed by atoms with Crippen LogP contribution in [0, 0.1) is 23.7 Å². The first-order valence-corrected chi connectivity index (χ1v) is 13.2. The Kier molecular flexibility index (Phi) is 5.02. The molecule has 1 atom stereocenters. The highest BCUT2D eigenvalue weighted by molar-refractivity contribution is 7.89. The van der Waals surface area contributed by atoms with E-state index in [1.165, 1.54) is 44.9 Å². The van der Waals surface area contributed by atoms with Gasteiger partial charge in [-0.3, -0.25) is 4.79 Å². The van der Waals surface area contributed by atoms with Gasteiger partial charge in [-0.05, 0) is 81.5 Å². The highest BCUT2D eigenvalue weighted by Gasteiger charge is 2.51. The number of hydrogen-bond donors (Lipinski definition) is 1. The topological polar surface area (TPSA) is 66.5 Å². The highest BCUT2D eigenvalue weighted by atomic mass is 32.2. The van der Waals surface area contributed by atoms with E-state index in [1.807, 2.05) is 0 Å². The van der Waals surface area contributed by atoms with E-state index in [0.29, 0.717) is 19.5 Å². The van der Waals surface area contributed by atoms with Crippen LogP contribution in [0.15, 0.2) is 0 Å². The minimum atomic E-state index is -3.17. The zero-order valence-electron chi connectivity index (χ0n) is 17.1.